The molecule has 1 aliphatic heterocycles. The maximum atomic E-state index is 12.6. The molecule has 0 atom stereocenters. The second-order valence-corrected chi connectivity index (χ2v) is 5.86. The summed E-state index contributed by atoms with van der Waals surface area (Å²) in [6.07, 6.45) is 1.43. The highest BCUT2D eigenvalue weighted by Gasteiger charge is 2.27. The molecule has 0 aliphatic carbocycles. The highest BCUT2D eigenvalue weighted by molar-refractivity contribution is 6.32. The Morgan fingerprint density at radius 3 is 2.57 bits per heavy atom. The van der Waals surface area contributed by atoms with Crippen LogP contribution in [-0.2, 0) is 9.53 Å². The standard InChI is InChI=1S/C19H14ClF2NO5/c1-25-15-9-10(7-12(20)16(15)26-2)8-13-18(24)28-17(23-13)11-5-3-4-6-14(11)27-19(21)22/h3-9,19H,1-2H3/b13-8-. The predicted molar refractivity (Wildman–Crippen MR) is 98.2 cm³/mol. The van der Waals surface area contributed by atoms with Gasteiger partial charge < -0.3 is 18.9 Å². The Balaban J connectivity index is 1.98. The van der Waals surface area contributed by atoms with Gasteiger partial charge in [-0.05, 0) is 35.9 Å². The largest absolute Gasteiger partial charge is 0.493 e. The number of benzene rings is 2. The molecule has 0 bridgehead atoms. The summed E-state index contributed by atoms with van der Waals surface area (Å²) in [6.45, 7) is -3.03. The van der Waals surface area contributed by atoms with Gasteiger partial charge in [-0.15, -0.1) is 0 Å². The molecule has 3 rings (SSSR count). The van der Waals surface area contributed by atoms with Gasteiger partial charge in [0.05, 0.1) is 24.8 Å². The van der Waals surface area contributed by atoms with E-state index in [0.29, 0.717) is 17.1 Å². The second kappa shape index (κ2) is 8.26. The van der Waals surface area contributed by atoms with Gasteiger partial charge in [-0.3, -0.25) is 0 Å². The van der Waals surface area contributed by atoms with Gasteiger partial charge in [-0.1, -0.05) is 23.7 Å². The smallest absolute Gasteiger partial charge is 0.387 e. The lowest BCUT2D eigenvalue weighted by Gasteiger charge is -2.10. The van der Waals surface area contributed by atoms with Crippen molar-refractivity contribution in [3.8, 4) is 17.2 Å². The molecule has 0 saturated carbocycles. The number of cyclic esters (lactones) is 1. The molecule has 0 amide bonds. The molecule has 6 nitrogen and oxygen atoms in total. The van der Waals surface area contributed by atoms with Gasteiger partial charge in [0.15, 0.2) is 17.2 Å². The second-order valence-electron chi connectivity index (χ2n) is 5.45. The normalized spacial score (nSPS) is 14.9. The summed E-state index contributed by atoms with van der Waals surface area (Å²) in [5, 5.41) is 0.278. The summed E-state index contributed by atoms with van der Waals surface area (Å²) >= 11 is 6.16. The molecule has 2 aromatic carbocycles. The fourth-order valence-electron chi connectivity index (χ4n) is 2.55. The maximum Gasteiger partial charge on any atom is 0.387 e. The number of nitrogens with zero attached hydrogens (tertiary/aromatic N) is 1. The third-order valence-corrected chi connectivity index (χ3v) is 3.99. The van der Waals surface area contributed by atoms with Crippen LogP contribution in [0.4, 0.5) is 8.78 Å². The lowest BCUT2D eigenvalue weighted by atomic mass is 10.1. The Hall–Kier alpha value is -3.13. The molecule has 0 saturated heterocycles. The van der Waals surface area contributed by atoms with E-state index in [1.165, 1.54) is 38.5 Å². The Bertz CT molecular complexity index is 975. The van der Waals surface area contributed by atoms with Crippen LogP contribution in [0.15, 0.2) is 47.1 Å². The van der Waals surface area contributed by atoms with E-state index in [-0.39, 0.29) is 27.9 Å². The summed E-state index contributed by atoms with van der Waals surface area (Å²) in [5.41, 5.74) is 0.603. The van der Waals surface area contributed by atoms with Crippen molar-refractivity contribution in [3.63, 3.8) is 0 Å². The van der Waals surface area contributed by atoms with Crippen LogP contribution in [0.2, 0.25) is 5.02 Å². The Labute approximate surface area is 163 Å². The SMILES string of the molecule is COc1cc(/C=C2\N=C(c3ccccc3OC(F)F)OC2=O)cc(Cl)c1OC. The zero-order valence-electron chi connectivity index (χ0n) is 14.7. The van der Waals surface area contributed by atoms with E-state index in [4.69, 9.17) is 25.8 Å². The molecule has 1 aliphatic rings. The number of methoxy groups -OCH3 is 2. The number of alkyl halides is 2. The lowest BCUT2D eigenvalue weighted by Crippen LogP contribution is -2.10. The number of aliphatic imine (C=N–C) groups is 1. The van der Waals surface area contributed by atoms with E-state index in [1.807, 2.05) is 0 Å². The van der Waals surface area contributed by atoms with Crippen molar-refractivity contribution in [1.82, 2.24) is 0 Å². The Morgan fingerprint density at radius 2 is 1.89 bits per heavy atom. The molecule has 0 aromatic heterocycles. The molecule has 146 valence electrons. The molecule has 2 aromatic rings. The van der Waals surface area contributed by atoms with Crippen LogP contribution in [0.1, 0.15) is 11.1 Å². The number of esters is 1. The van der Waals surface area contributed by atoms with Crippen molar-refractivity contribution in [2.75, 3.05) is 14.2 Å². The third kappa shape index (κ3) is 4.07. The molecular formula is C19H14ClF2NO5. The Kier molecular flexibility index (Phi) is 5.79. The average molecular weight is 410 g/mol. The van der Waals surface area contributed by atoms with Crippen LogP contribution >= 0.6 is 11.6 Å². The van der Waals surface area contributed by atoms with E-state index >= 15 is 0 Å². The van der Waals surface area contributed by atoms with Crippen LogP contribution in [0.25, 0.3) is 6.08 Å². The predicted octanol–water partition coefficient (Wildman–Crippen LogP) is 4.30. The minimum atomic E-state index is -3.03. The van der Waals surface area contributed by atoms with Crippen molar-refractivity contribution >= 4 is 29.5 Å². The number of hydrogen-bond acceptors (Lipinski definition) is 6. The maximum absolute atomic E-state index is 12.6. The van der Waals surface area contributed by atoms with E-state index in [9.17, 15) is 13.6 Å². The number of rotatable bonds is 6. The highest BCUT2D eigenvalue weighted by Crippen LogP contribution is 2.37. The zero-order chi connectivity index (χ0) is 20.3. The number of para-hydroxylation sites is 1. The molecule has 28 heavy (non-hydrogen) atoms. The van der Waals surface area contributed by atoms with Gasteiger partial charge in [-0.2, -0.15) is 8.78 Å². The molecule has 0 radical (unpaired) electrons. The first-order chi connectivity index (χ1) is 13.4. The lowest BCUT2D eigenvalue weighted by molar-refractivity contribution is -0.129. The molecule has 0 unspecified atom stereocenters. The molecule has 0 fully saturated rings. The van der Waals surface area contributed by atoms with Crippen molar-refractivity contribution in [2.45, 2.75) is 6.61 Å². The summed E-state index contributed by atoms with van der Waals surface area (Å²) < 4.78 is 45.1. The summed E-state index contributed by atoms with van der Waals surface area (Å²) in [6, 6.07) is 9.05. The Morgan fingerprint density at radius 1 is 1.14 bits per heavy atom. The van der Waals surface area contributed by atoms with Crippen molar-refractivity contribution < 1.29 is 32.5 Å². The minimum absolute atomic E-state index is 0.0369. The van der Waals surface area contributed by atoms with Crippen molar-refractivity contribution in [1.29, 1.82) is 0 Å². The summed E-state index contributed by atoms with van der Waals surface area (Å²) in [4.78, 5) is 16.3. The van der Waals surface area contributed by atoms with E-state index < -0.39 is 12.6 Å². The number of ether oxygens (including phenoxy) is 4. The molecule has 0 spiro atoms. The number of halogens is 3. The first-order valence-electron chi connectivity index (χ1n) is 7.91. The van der Waals surface area contributed by atoms with Gasteiger partial charge in [0.1, 0.15) is 5.75 Å². The average Bonchev–Trinajstić information content (AvgIpc) is 3.01. The number of carbonyl (C=O) groups is 1. The van der Waals surface area contributed by atoms with Gasteiger partial charge in [0.2, 0.25) is 5.90 Å². The minimum Gasteiger partial charge on any atom is -0.493 e. The van der Waals surface area contributed by atoms with E-state index in [1.54, 1.807) is 18.2 Å². The first-order valence-corrected chi connectivity index (χ1v) is 8.29. The third-order valence-electron chi connectivity index (χ3n) is 3.71. The van der Waals surface area contributed by atoms with Crippen LogP contribution in [-0.4, -0.2) is 32.7 Å². The summed E-state index contributed by atoms with van der Waals surface area (Å²) in [7, 11) is 2.90. The fourth-order valence-corrected chi connectivity index (χ4v) is 2.84. The van der Waals surface area contributed by atoms with Gasteiger partial charge in [0, 0.05) is 0 Å². The molecular weight excluding hydrogens is 396 g/mol. The van der Waals surface area contributed by atoms with E-state index in [2.05, 4.69) is 9.73 Å². The first kappa shape index (κ1) is 19.6. The monoisotopic (exact) mass is 409 g/mol. The number of carbonyl (C=O) groups excluding carboxylic acids is 1. The number of hydrogen-bond donors (Lipinski definition) is 0. The van der Waals surface area contributed by atoms with Crippen LogP contribution in [0, 0.1) is 0 Å². The van der Waals surface area contributed by atoms with E-state index in [0.717, 1.165) is 0 Å². The highest BCUT2D eigenvalue weighted by atomic mass is 35.5. The van der Waals surface area contributed by atoms with Gasteiger partial charge in [-0.25, -0.2) is 9.79 Å². The zero-order valence-corrected chi connectivity index (χ0v) is 15.5. The molecule has 0 N–H and O–H groups in total. The van der Waals surface area contributed by atoms with Crippen molar-refractivity contribution in [2.24, 2.45) is 4.99 Å². The van der Waals surface area contributed by atoms with Gasteiger partial charge >= 0.3 is 12.6 Å². The quantitative estimate of drug-likeness (QED) is 0.525. The van der Waals surface area contributed by atoms with Crippen LogP contribution in [0.3, 0.4) is 0 Å². The van der Waals surface area contributed by atoms with Crippen LogP contribution < -0.4 is 14.2 Å². The van der Waals surface area contributed by atoms with Gasteiger partial charge in [0.25, 0.3) is 0 Å². The molecule has 9 heteroatoms. The topological polar surface area (TPSA) is 66.3 Å². The molecule has 1 heterocycles. The fraction of sp³-hybridized carbons (Fsp3) is 0.158. The van der Waals surface area contributed by atoms with Crippen LogP contribution in [0.5, 0.6) is 17.2 Å². The summed E-state index contributed by atoms with van der Waals surface area (Å²) in [5.74, 6) is -0.318. The van der Waals surface area contributed by atoms with Crippen molar-refractivity contribution in [3.05, 3.63) is 58.2 Å².